The zero-order chi connectivity index (χ0) is 47.3. The molecule has 1 rings (SSSR count). The molecule has 21 N–H and O–H groups in total. The summed E-state index contributed by atoms with van der Waals surface area (Å²) in [7, 11) is 0. The number of primary amides is 3. The third-order valence-electron chi connectivity index (χ3n) is 8.75. The molecule has 0 saturated heterocycles. The summed E-state index contributed by atoms with van der Waals surface area (Å²) >= 11 is 0. The summed E-state index contributed by atoms with van der Waals surface area (Å²) in [5.74, 6) is -12.0. The first kappa shape index (κ1) is 52.9. The van der Waals surface area contributed by atoms with Crippen molar-refractivity contribution in [2.24, 2.45) is 45.3 Å². The number of hydrogen-bond acceptors (Lipinski definition) is 14. The number of nitrogens with one attached hydrogen (secondary N) is 6. The first-order chi connectivity index (χ1) is 28.9. The molecule has 0 radical (unpaired) electrons. The lowest BCUT2D eigenvalue weighted by Gasteiger charge is -2.28. The number of carboxylic acids is 1. The van der Waals surface area contributed by atoms with Crippen LogP contribution in [0, 0.1) is 5.92 Å². The molecule has 1 aromatic carbocycles. The van der Waals surface area contributed by atoms with Gasteiger partial charge in [0.05, 0.1) is 25.5 Å². The number of phenolic OH excluding ortho intramolecular Hbond substituents is 1. The molecular formula is C36H57N13O13. The Kier molecular flexibility index (Phi) is 22.4. The van der Waals surface area contributed by atoms with Gasteiger partial charge in [0.15, 0.2) is 5.96 Å². The second-order valence-corrected chi connectivity index (χ2v) is 14.3. The zero-order valence-electron chi connectivity index (χ0n) is 34.1. The minimum absolute atomic E-state index is 0.0338. The van der Waals surface area contributed by atoms with Gasteiger partial charge in [-0.2, -0.15) is 0 Å². The van der Waals surface area contributed by atoms with Gasteiger partial charge in [0.2, 0.25) is 53.2 Å². The van der Waals surface area contributed by atoms with E-state index in [1.807, 2.05) is 0 Å². The predicted molar refractivity (Wildman–Crippen MR) is 217 cm³/mol. The van der Waals surface area contributed by atoms with Crippen LogP contribution in [0.15, 0.2) is 29.3 Å². The van der Waals surface area contributed by atoms with E-state index >= 15 is 0 Å². The van der Waals surface area contributed by atoms with Crippen molar-refractivity contribution in [2.75, 3.05) is 13.2 Å². The lowest BCUT2D eigenvalue weighted by molar-refractivity contribution is -0.142. The predicted octanol–water partition coefficient (Wildman–Crippen LogP) is -7.03. The van der Waals surface area contributed by atoms with Gasteiger partial charge in [-0.1, -0.05) is 26.0 Å². The molecule has 0 aliphatic carbocycles. The number of hydrogen-bond donors (Lipinski definition) is 15. The molecule has 0 fully saturated rings. The molecule has 1 aromatic rings. The fourth-order valence-corrected chi connectivity index (χ4v) is 5.43. The number of phenols is 1. The van der Waals surface area contributed by atoms with E-state index in [9.17, 15) is 63.3 Å². The van der Waals surface area contributed by atoms with Gasteiger partial charge in [-0.3, -0.25) is 48.1 Å². The summed E-state index contributed by atoms with van der Waals surface area (Å²) < 4.78 is 0. The molecule has 0 heterocycles. The second kappa shape index (κ2) is 26.2. The molecule has 62 heavy (non-hydrogen) atoms. The number of nitrogens with zero attached hydrogens (tertiary/aromatic N) is 1. The number of aliphatic hydroxyl groups excluding tert-OH is 1. The molecule has 0 aliphatic heterocycles. The Labute approximate surface area is 355 Å². The van der Waals surface area contributed by atoms with Crippen molar-refractivity contribution in [1.82, 2.24) is 31.9 Å². The van der Waals surface area contributed by atoms with Crippen LogP contribution in [0.2, 0.25) is 0 Å². The van der Waals surface area contributed by atoms with Gasteiger partial charge in [-0.25, -0.2) is 4.79 Å². The molecule has 0 aromatic heterocycles. The largest absolute Gasteiger partial charge is 0.508 e. The third kappa shape index (κ3) is 19.8. The summed E-state index contributed by atoms with van der Waals surface area (Å²) in [4.78, 5) is 131. The van der Waals surface area contributed by atoms with Gasteiger partial charge >= 0.3 is 5.97 Å². The van der Waals surface area contributed by atoms with Gasteiger partial charge in [-0.15, -0.1) is 0 Å². The Morgan fingerprint density at radius 2 is 1.08 bits per heavy atom. The molecule has 9 amide bonds. The average molecular weight is 880 g/mol. The second-order valence-electron chi connectivity index (χ2n) is 14.3. The highest BCUT2D eigenvalue weighted by Gasteiger charge is 2.35. The molecule has 7 atom stereocenters. The Morgan fingerprint density at radius 3 is 1.53 bits per heavy atom. The number of aliphatic carboxylic acids is 1. The highest BCUT2D eigenvalue weighted by Crippen LogP contribution is 2.12. The van der Waals surface area contributed by atoms with Crippen LogP contribution >= 0.6 is 0 Å². The Balaban J connectivity index is 3.34. The monoisotopic (exact) mass is 879 g/mol. The Morgan fingerprint density at radius 1 is 0.613 bits per heavy atom. The number of aliphatic hydroxyl groups is 1. The maximum atomic E-state index is 13.8. The maximum absolute atomic E-state index is 13.8. The van der Waals surface area contributed by atoms with Crippen LogP contribution in [0.4, 0.5) is 0 Å². The van der Waals surface area contributed by atoms with E-state index in [0.717, 1.165) is 0 Å². The molecule has 0 bridgehead atoms. The van der Waals surface area contributed by atoms with Gasteiger partial charge in [-0.05, 0) is 42.9 Å². The average Bonchev–Trinajstić information content (AvgIpc) is 3.17. The summed E-state index contributed by atoms with van der Waals surface area (Å²) in [6.45, 7) is 2.05. The van der Waals surface area contributed by atoms with Crippen molar-refractivity contribution >= 4 is 65.1 Å². The van der Waals surface area contributed by atoms with Gasteiger partial charge < -0.3 is 81.6 Å². The van der Waals surface area contributed by atoms with Crippen LogP contribution < -0.4 is 66.3 Å². The minimum Gasteiger partial charge on any atom is -0.508 e. The smallest absolute Gasteiger partial charge is 0.326 e. The lowest BCUT2D eigenvalue weighted by Crippen LogP contribution is -2.61. The van der Waals surface area contributed by atoms with Crippen LogP contribution in [-0.2, 0) is 54.4 Å². The number of rotatable bonds is 28. The van der Waals surface area contributed by atoms with Crippen LogP contribution in [0.25, 0.3) is 0 Å². The summed E-state index contributed by atoms with van der Waals surface area (Å²) in [5, 5.41) is 42.8. The van der Waals surface area contributed by atoms with Crippen LogP contribution in [-0.4, -0.2) is 136 Å². The topological polar surface area (TPSA) is 472 Å². The van der Waals surface area contributed by atoms with Gasteiger partial charge in [0.25, 0.3) is 0 Å². The van der Waals surface area contributed by atoms with E-state index in [4.69, 9.17) is 34.4 Å². The van der Waals surface area contributed by atoms with Crippen molar-refractivity contribution in [3.8, 4) is 5.75 Å². The molecule has 26 heteroatoms. The SMILES string of the molecule is CC(C)[C@H](NC(=O)[C@H](CO)NC(=O)[C@@H](N)CCC(N)=O)C(=O)N[C@@H](CCCN=C(N)N)C(=O)N[C@@H](CC(N)=O)C(=O)N[C@@H](CC(N)=O)C(=O)N[C@@H](Cc1ccc(O)cc1)C(=O)O. The minimum atomic E-state index is -1.86. The number of amides is 9. The fourth-order valence-electron chi connectivity index (χ4n) is 5.43. The van der Waals surface area contributed by atoms with Crippen LogP contribution in [0.1, 0.15) is 57.9 Å². The number of aromatic hydroxyl groups is 1. The molecule has 0 unspecified atom stereocenters. The van der Waals surface area contributed by atoms with E-state index < -0.39 is 127 Å². The van der Waals surface area contributed by atoms with E-state index in [-0.39, 0.29) is 50.4 Å². The molecule has 26 nitrogen and oxygen atoms in total. The number of nitrogens with two attached hydrogens (primary N) is 6. The Bertz CT molecular complexity index is 1810. The third-order valence-corrected chi connectivity index (χ3v) is 8.75. The maximum Gasteiger partial charge on any atom is 0.326 e. The van der Waals surface area contributed by atoms with E-state index in [1.54, 1.807) is 0 Å². The summed E-state index contributed by atoms with van der Waals surface area (Å²) in [6, 6.07) is -5.79. The molecule has 0 aliphatic rings. The normalized spacial score (nSPS) is 14.2. The van der Waals surface area contributed by atoms with E-state index in [2.05, 4.69) is 36.9 Å². The highest BCUT2D eigenvalue weighted by molar-refractivity contribution is 5.99. The molecule has 0 saturated carbocycles. The number of carboxylic acid groups (broad SMARTS) is 1. The highest BCUT2D eigenvalue weighted by atomic mass is 16.4. The van der Waals surface area contributed by atoms with E-state index in [0.29, 0.717) is 5.56 Å². The molecule has 344 valence electrons. The van der Waals surface area contributed by atoms with Crippen LogP contribution in [0.5, 0.6) is 5.75 Å². The first-order valence-electron chi connectivity index (χ1n) is 19.0. The first-order valence-corrected chi connectivity index (χ1v) is 19.0. The fraction of sp³-hybridized carbons (Fsp3) is 0.528. The lowest BCUT2D eigenvalue weighted by atomic mass is 10.0. The van der Waals surface area contributed by atoms with Crippen molar-refractivity contribution < 1.29 is 63.3 Å². The molecule has 0 spiro atoms. The van der Waals surface area contributed by atoms with Crippen molar-refractivity contribution in [3.63, 3.8) is 0 Å². The standard InChI is InChI=1S/C36H57N13O13/c1-16(2)28(49-33(59)24(15-50)48-29(55)19(37)9-10-25(38)52)34(60)44-20(4-3-11-43-36(41)42)30(56)45-21(13-26(39)53)31(57)46-22(14-27(40)54)32(58)47-23(35(61)62)12-17-5-7-18(51)8-6-17/h5-8,16,19-24,28,50-51H,3-4,9-15,37H2,1-2H3,(H2,38,52)(H2,39,53)(H2,40,54)(H,44,60)(H,45,56)(H,46,57)(H,47,58)(H,48,55)(H,49,59)(H,61,62)(H4,41,42,43)/t19-,20-,21-,22-,23-,24-,28-/m0/s1. The number of guanidine groups is 1. The van der Waals surface area contributed by atoms with Crippen LogP contribution in [0.3, 0.4) is 0 Å². The number of aliphatic imine (C=N–C) groups is 1. The quantitative estimate of drug-likeness (QED) is 0.0211. The van der Waals surface area contributed by atoms with Gasteiger partial charge in [0.1, 0.15) is 42.0 Å². The van der Waals surface area contributed by atoms with Crippen molar-refractivity contribution in [3.05, 3.63) is 29.8 Å². The zero-order valence-corrected chi connectivity index (χ0v) is 34.1. The molecular weight excluding hydrogens is 822 g/mol. The summed E-state index contributed by atoms with van der Waals surface area (Å²) in [6.07, 6.45) is -2.63. The number of benzene rings is 1. The van der Waals surface area contributed by atoms with Gasteiger partial charge in [0, 0.05) is 19.4 Å². The summed E-state index contributed by atoms with van der Waals surface area (Å²) in [5.41, 5.74) is 32.6. The Hall–Kier alpha value is -7.09. The number of carbonyl (C=O) groups is 10. The van der Waals surface area contributed by atoms with Crippen molar-refractivity contribution in [1.29, 1.82) is 0 Å². The number of carbonyl (C=O) groups excluding carboxylic acids is 9. The van der Waals surface area contributed by atoms with E-state index in [1.165, 1.54) is 38.1 Å². The van der Waals surface area contributed by atoms with Crippen molar-refractivity contribution in [2.45, 2.75) is 101 Å².